The molecule has 0 fully saturated rings. The number of fused-ring (bicyclic) bond motifs is 1. The minimum atomic E-state index is -0.712. The lowest BCUT2D eigenvalue weighted by Crippen LogP contribution is -2.37. The first-order valence-corrected chi connectivity index (χ1v) is 7.33. The molecule has 0 saturated heterocycles. The van der Waals surface area contributed by atoms with Gasteiger partial charge in [-0.1, -0.05) is 18.2 Å². The van der Waals surface area contributed by atoms with Crippen LogP contribution < -0.4 is 11.1 Å². The number of ether oxygens (including phenoxy) is 1. The first-order valence-electron chi connectivity index (χ1n) is 6.52. The molecule has 1 aromatic carbocycles. The van der Waals surface area contributed by atoms with Crippen molar-refractivity contribution in [2.24, 2.45) is 11.1 Å². The van der Waals surface area contributed by atoms with E-state index < -0.39 is 11.4 Å². The van der Waals surface area contributed by atoms with Gasteiger partial charge in [-0.05, 0) is 19.9 Å². The van der Waals surface area contributed by atoms with Gasteiger partial charge in [0.15, 0.2) is 0 Å². The van der Waals surface area contributed by atoms with Gasteiger partial charge in [-0.25, -0.2) is 4.79 Å². The van der Waals surface area contributed by atoms with Gasteiger partial charge < -0.3 is 15.8 Å². The monoisotopic (exact) mass is 306 g/mol. The maximum atomic E-state index is 12.3. The summed E-state index contributed by atoms with van der Waals surface area (Å²) in [6.45, 7) is 3.73. The Hall–Kier alpha value is -1.92. The normalized spacial score (nSPS) is 11.4. The van der Waals surface area contributed by atoms with Crippen LogP contribution >= 0.6 is 11.3 Å². The summed E-state index contributed by atoms with van der Waals surface area (Å²) in [6.07, 6.45) is 0. The highest BCUT2D eigenvalue weighted by Gasteiger charge is 2.29. The minimum absolute atomic E-state index is 0.217. The molecule has 5 nitrogen and oxygen atoms in total. The number of carbonyl (C=O) groups excluding carboxylic acids is 2. The number of nitrogens with one attached hydrogen (secondary N) is 1. The molecule has 0 unspecified atom stereocenters. The number of nitrogens with two attached hydrogens (primary N) is 1. The maximum absolute atomic E-state index is 12.3. The van der Waals surface area contributed by atoms with Crippen molar-refractivity contribution in [1.29, 1.82) is 0 Å². The zero-order valence-corrected chi connectivity index (χ0v) is 13.0. The van der Waals surface area contributed by atoms with Gasteiger partial charge in [-0.3, -0.25) is 4.79 Å². The van der Waals surface area contributed by atoms with Crippen LogP contribution in [-0.4, -0.2) is 25.5 Å². The van der Waals surface area contributed by atoms with Crippen LogP contribution in [0.2, 0.25) is 0 Å². The fraction of sp³-hybridized carbons (Fsp3) is 0.333. The van der Waals surface area contributed by atoms with E-state index in [0.29, 0.717) is 10.6 Å². The van der Waals surface area contributed by atoms with Crippen LogP contribution in [0.1, 0.15) is 23.5 Å². The lowest BCUT2D eigenvalue weighted by atomic mass is 9.92. The number of anilines is 1. The quantitative estimate of drug-likeness (QED) is 0.851. The van der Waals surface area contributed by atoms with Gasteiger partial charge in [0.25, 0.3) is 0 Å². The molecule has 0 aliphatic rings. The summed E-state index contributed by atoms with van der Waals surface area (Å²) >= 11 is 1.30. The van der Waals surface area contributed by atoms with Crippen LogP contribution in [-0.2, 0) is 9.53 Å². The van der Waals surface area contributed by atoms with Crippen LogP contribution in [0.4, 0.5) is 5.69 Å². The topological polar surface area (TPSA) is 81.4 Å². The third kappa shape index (κ3) is 2.91. The third-order valence-electron chi connectivity index (χ3n) is 3.33. The van der Waals surface area contributed by atoms with Crippen molar-refractivity contribution in [3.8, 4) is 0 Å². The van der Waals surface area contributed by atoms with E-state index in [1.54, 1.807) is 13.8 Å². The Balaban J connectivity index is 2.51. The molecule has 0 aliphatic heterocycles. The van der Waals surface area contributed by atoms with E-state index in [4.69, 9.17) is 10.5 Å². The molecule has 2 rings (SSSR count). The van der Waals surface area contributed by atoms with Crippen molar-refractivity contribution in [2.75, 3.05) is 19.0 Å². The first-order chi connectivity index (χ1) is 9.90. The summed E-state index contributed by atoms with van der Waals surface area (Å²) in [5, 5.41) is 3.65. The fourth-order valence-corrected chi connectivity index (χ4v) is 2.86. The predicted octanol–water partition coefficient (Wildman–Crippen LogP) is 2.61. The Labute approximate surface area is 127 Å². The van der Waals surface area contributed by atoms with Gasteiger partial charge in [-0.2, -0.15) is 0 Å². The highest BCUT2D eigenvalue weighted by molar-refractivity contribution is 7.21. The minimum Gasteiger partial charge on any atom is -0.465 e. The van der Waals surface area contributed by atoms with Crippen LogP contribution in [0.25, 0.3) is 10.1 Å². The Morgan fingerprint density at radius 3 is 2.62 bits per heavy atom. The van der Waals surface area contributed by atoms with Gasteiger partial charge in [0.2, 0.25) is 5.91 Å². The van der Waals surface area contributed by atoms with E-state index in [2.05, 4.69) is 5.32 Å². The molecule has 6 heteroatoms. The Kier molecular flexibility index (Phi) is 4.29. The number of benzene rings is 1. The molecule has 0 aliphatic carbocycles. The van der Waals surface area contributed by atoms with Crippen LogP contribution in [0.3, 0.4) is 0 Å². The van der Waals surface area contributed by atoms with Gasteiger partial charge in [0.1, 0.15) is 4.88 Å². The second kappa shape index (κ2) is 5.83. The molecule has 0 radical (unpaired) electrons. The molecule has 112 valence electrons. The molecule has 1 aromatic heterocycles. The highest BCUT2D eigenvalue weighted by Crippen LogP contribution is 2.36. The first kappa shape index (κ1) is 15.5. The van der Waals surface area contributed by atoms with Gasteiger partial charge in [0.05, 0.1) is 18.2 Å². The van der Waals surface area contributed by atoms with E-state index in [-0.39, 0.29) is 12.5 Å². The summed E-state index contributed by atoms with van der Waals surface area (Å²) in [5.41, 5.74) is 5.41. The second-order valence-corrected chi connectivity index (χ2v) is 6.39. The summed E-state index contributed by atoms with van der Waals surface area (Å²) in [4.78, 5) is 24.6. The molecule has 0 saturated carbocycles. The van der Waals surface area contributed by atoms with Gasteiger partial charge in [-0.15, -0.1) is 11.3 Å². The number of hydrogen-bond donors (Lipinski definition) is 2. The van der Waals surface area contributed by atoms with Crippen molar-refractivity contribution in [3.63, 3.8) is 0 Å². The molecule has 0 spiro atoms. The Morgan fingerprint density at radius 1 is 1.33 bits per heavy atom. The largest absolute Gasteiger partial charge is 0.465 e. The number of methoxy groups -OCH3 is 1. The molecule has 1 amide bonds. The Morgan fingerprint density at radius 2 is 2.00 bits per heavy atom. The molecular weight excluding hydrogens is 288 g/mol. The zero-order chi connectivity index (χ0) is 15.6. The lowest BCUT2D eigenvalue weighted by Gasteiger charge is -2.21. The summed E-state index contributed by atoms with van der Waals surface area (Å²) in [7, 11) is 1.32. The smallest absolute Gasteiger partial charge is 0.350 e. The molecule has 1 heterocycles. The molecular formula is C15H18N2O3S. The van der Waals surface area contributed by atoms with Crippen molar-refractivity contribution in [3.05, 3.63) is 29.1 Å². The fourth-order valence-electron chi connectivity index (χ4n) is 1.78. The van der Waals surface area contributed by atoms with Crippen LogP contribution in [0.15, 0.2) is 24.3 Å². The average Bonchev–Trinajstić information content (AvgIpc) is 2.85. The number of esters is 1. The van der Waals surface area contributed by atoms with E-state index in [9.17, 15) is 9.59 Å². The van der Waals surface area contributed by atoms with E-state index in [1.165, 1.54) is 18.4 Å². The van der Waals surface area contributed by atoms with E-state index in [1.807, 2.05) is 24.3 Å². The number of rotatable bonds is 4. The Bertz CT molecular complexity index is 691. The van der Waals surface area contributed by atoms with E-state index in [0.717, 1.165) is 10.1 Å². The molecule has 2 aromatic rings. The van der Waals surface area contributed by atoms with Gasteiger partial charge >= 0.3 is 5.97 Å². The SMILES string of the molecule is COC(=O)c1sc2ccccc2c1NC(=O)C(C)(C)CN. The maximum Gasteiger partial charge on any atom is 0.350 e. The number of hydrogen-bond acceptors (Lipinski definition) is 5. The predicted molar refractivity (Wildman–Crippen MR) is 84.6 cm³/mol. The van der Waals surface area contributed by atoms with Crippen molar-refractivity contribution < 1.29 is 14.3 Å². The molecule has 21 heavy (non-hydrogen) atoms. The van der Waals surface area contributed by atoms with E-state index >= 15 is 0 Å². The van der Waals surface area contributed by atoms with Crippen LogP contribution in [0.5, 0.6) is 0 Å². The third-order valence-corrected chi connectivity index (χ3v) is 4.48. The number of carbonyl (C=O) groups is 2. The van der Waals surface area contributed by atoms with Crippen molar-refractivity contribution >= 4 is 39.0 Å². The summed E-state index contributed by atoms with van der Waals surface area (Å²) in [6, 6.07) is 7.51. The number of thiophene rings is 1. The van der Waals surface area contributed by atoms with Crippen molar-refractivity contribution in [1.82, 2.24) is 0 Å². The molecule has 0 atom stereocenters. The highest BCUT2D eigenvalue weighted by atomic mass is 32.1. The average molecular weight is 306 g/mol. The number of amides is 1. The van der Waals surface area contributed by atoms with Crippen LogP contribution in [0, 0.1) is 5.41 Å². The molecule has 0 bridgehead atoms. The molecule has 3 N–H and O–H groups in total. The van der Waals surface area contributed by atoms with Crippen molar-refractivity contribution in [2.45, 2.75) is 13.8 Å². The van der Waals surface area contributed by atoms with Gasteiger partial charge in [0, 0.05) is 16.6 Å². The standard InChI is InChI=1S/C15H18N2O3S/c1-15(2,8-16)14(19)17-11-9-6-4-5-7-10(9)21-12(11)13(18)20-3/h4-7H,8,16H2,1-3H3,(H,17,19). The zero-order valence-electron chi connectivity index (χ0n) is 12.2. The second-order valence-electron chi connectivity index (χ2n) is 5.34. The summed E-state index contributed by atoms with van der Waals surface area (Å²) in [5.74, 6) is -0.684. The lowest BCUT2D eigenvalue weighted by molar-refractivity contribution is -0.123. The summed E-state index contributed by atoms with van der Waals surface area (Å²) < 4.78 is 5.71.